The van der Waals surface area contributed by atoms with Crippen LogP contribution in [0.2, 0.25) is 0 Å². The molecule has 100 valence electrons. The van der Waals surface area contributed by atoms with Crippen LogP contribution in [0.25, 0.3) is 0 Å². The van der Waals surface area contributed by atoms with Crippen LogP contribution in [0, 0.1) is 0 Å². The van der Waals surface area contributed by atoms with Crippen molar-refractivity contribution in [2.24, 2.45) is 0 Å². The zero-order valence-electron chi connectivity index (χ0n) is 11.9. The molecule has 0 aromatic heterocycles. The summed E-state index contributed by atoms with van der Waals surface area (Å²) in [6.07, 6.45) is 1.58. The summed E-state index contributed by atoms with van der Waals surface area (Å²) in [5.74, 6) is 0. The minimum absolute atomic E-state index is 0.0419. The molecule has 0 aliphatic carbocycles. The first-order valence-electron chi connectivity index (χ1n) is 6.35. The van der Waals surface area contributed by atoms with E-state index >= 15 is 0 Å². The first kappa shape index (κ1) is 14.3. The highest BCUT2D eigenvalue weighted by Gasteiger charge is 2.49. The van der Waals surface area contributed by atoms with Crippen molar-refractivity contribution in [3.8, 4) is 0 Å². The van der Waals surface area contributed by atoms with Crippen molar-refractivity contribution in [2.45, 2.75) is 71.8 Å². The summed E-state index contributed by atoms with van der Waals surface area (Å²) in [7, 11) is 0. The molecule has 1 aliphatic rings. The predicted octanol–water partition coefficient (Wildman–Crippen LogP) is 3.16. The van der Waals surface area contributed by atoms with Gasteiger partial charge < -0.3 is 9.47 Å². The Kier molecular flexibility index (Phi) is 4.07. The highest BCUT2D eigenvalue weighted by Crippen LogP contribution is 2.35. The maximum Gasteiger partial charge on any atom is 0.412 e. The molecule has 4 heteroatoms. The quantitative estimate of drug-likeness (QED) is 0.764. The zero-order chi connectivity index (χ0) is 13.3. The van der Waals surface area contributed by atoms with Crippen LogP contribution in [0.15, 0.2) is 0 Å². The van der Waals surface area contributed by atoms with Crippen LogP contribution in [-0.4, -0.2) is 35.0 Å². The number of nitrogens with zero attached hydrogens (tertiary/aromatic N) is 1. The molecule has 1 fully saturated rings. The molecule has 0 radical (unpaired) electrons. The summed E-state index contributed by atoms with van der Waals surface area (Å²) in [5, 5.41) is 0. The first-order chi connectivity index (χ1) is 7.70. The van der Waals surface area contributed by atoms with Crippen molar-refractivity contribution in [1.29, 1.82) is 0 Å². The van der Waals surface area contributed by atoms with E-state index in [-0.39, 0.29) is 17.7 Å². The molecule has 0 N–H and O–H groups in total. The highest BCUT2D eigenvalue weighted by atomic mass is 16.6. The van der Waals surface area contributed by atoms with Gasteiger partial charge in [-0.05, 0) is 41.0 Å². The average Bonchev–Trinajstić information content (AvgIpc) is 2.35. The van der Waals surface area contributed by atoms with E-state index in [1.807, 2.05) is 34.6 Å². The van der Waals surface area contributed by atoms with Crippen molar-refractivity contribution >= 4 is 6.09 Å². The number of carbonyl (C=O) groups is 1. The maximum atomic E-state index is 12.2. The first-order valence-corrected chi connectivity index (χ1v) is 6.35. The molecule has 0 aromatic carbocycles. The molecule has 17 heavy (non-hydrogen) atoms. The Labute approximate surface area is 104 Å². The van der Waals surface area contributed by atoms with Crippen LogP contribution in [0.1, 0.15) is 54.4 Å². The Morgan fingerprint density at radius 3 is 2.41 bits per heavy atom. The SMILES string of the molecule is CCC[C@H](C)OC(=O)N1C(C)(C)COC1(C)C. The third-order valence-corrected chi connectivity index (χ3v) is 3.10. The lowest BCUT2D eigenvalue weighted by Crippen LogP contribution is -2.53. The topological polar surface area (TPSA) is 38.8 Å². The molecule has 1 amide bonds. The normalized spacial score (nSPS) is 23.5. The van der Waals surface area contributed by atoms with E-state index in [1.165, 1.54) is 0 Å². The molecule has 1 aliphatic heterocycles. The second-order valence-electron chi connectivity index (χ2n) is 5.87. The lowest BCUT2D eigenvalue weighted by atomic mass is 10.0. The van der Waals surface area contributed by atoms with E-state index in [0.29, 0.717) is 6.61 Å². The molecule has 4 nitrogen and oxygen atoms in total. The van der Waals surface area contributed by atoms with Crippen LogP contribution in [0.4, 0.5) is 4.79 Å². The van der Waals surface area contributed by atoms with E-state index in [1.54, 1.807) is 4.90 Å². The van der Waals surface area contributed by atoms with Gasteiger partial charge in [-0.3, -0.25) is 4.90 Å². The third kappa shape index (κ3) is 3.12. The molecule has 0 bridgehead atoms. The highest BCUT2D eigenvalue weighted by molar-refractivity contribution is 5.70. The molecule has 0 spiro atoms. The predicted molar refractivity (Wildman–Crippen MR) is 66.8 cm³/mol. The van der Waals surface area contributed by atoms with Crippen molar-refractivity contribution in [1.82, 2.24) is 4.90 Å². The Morgan fingerprint density at radius 2 is 2.00 bits per heavy atom. The van der Waals surface area contributed by atoms with Gasteiger partial charge in [0.2, 0.25) is 0 Å². The molecule has 0 saturated carbocycles. The molecule has 1 atom stereocenters. The Morgan fingerprint density at radius 1 is 1.41 bits per heavy atom. The Hall–Kier alpha value is -0.770. The molecule has 0 unspecified atom stereocenters. The van der Waals surface area contributed by atoms with Crippen LogP contribution >= 0.6 is 0 Å². The minimum Gasteiger partial charge on any atom is -0.446 e. The van der Waals surface area contributed by atoms with Gasteiger partial charge in [0.05, 0.1) is 12.1 Å². The van der Waals surface area contributed by atoms with Gasteiger partial charge in [-0.25, -0.2) is 4.79 Å². The van der Waals surface area contributed by atoms with Crippen molar-refractivity contribution in [2.75, 3.05) is 6.61 Å². The molecular formula is C13H25NO3. The summed E-state index contributed by atoms with van der Waals surface area (Å²) < 4.78 is 11.1. The van der Waals surface area contributed by atoms with E-state index in [2.05, 4.69) is 6.92 Å². The van der Waals surface area contributed by atoms with Gasteiger partial charge in [0, 0.05) is 0 Å². The van der Waals surface area contributed by atoms with Gasteiger partial charge in [0.25, 0.3) is 0 Å². The lowest BCUT2D eigenvalue weighted by Gasteiger charge is -2.37. The monoisotopic (exact) mass is 243 g/mol. The number of ether oxygens (including phenoxy) is 2. The third-order valence-electron chi connectivity index (χ3n) is 3.10. The standard InChI is InChI=1S/C13H25NO3/c1-7-8-10(2)17-11(15)14-12(3,4)9-16-13(14,5)6/h10H,7-9H2,1-6H3/t10-/m0/s1. The van der Waals surface area contributed by atoms with Crippen molar-refractivity contribution < 1.29 is 14.3 Å². The van der Waals surface area contributed by atoms with E-state index < -0.39 is 5.72 Å². The van der Waals surface area contributed by atoms with Crippen LogP contribution in [-0.2, 0) is 9.47 Å². The van der Waals surface area contributed by atoms with Crippen molar-refractivity contribution in [3.05, 3.63) is 0 Å². The fourth-order valence-corrected chi connectivity index (χ4v) is 2.37. The Balaban J connectivity index is 2.73. The molecule has 0 aromatic rings. The number of hydrogen-bond donors (Lipinski definition) is 0. The van der Waals surface area contributed by atoms with E-state index in [9.17, 15) is 4.79 Å². The van der Waals surface area contributed by atoms with Gasteiger partial charge in [0.15, 0.2) is 0 Å². The zero-order valence-corrected chi connectivity index (χ0v) is 11.9. The molecular weight excluding hydrogens is 218 g/mol. The van der Waals surface area contributed by atoms with Gasteiger partial charge in [-0.1, -0.05) is 13.3 Å². The number of carbonyl (C=O) groups excluding carboxylic acids is 1. The summed E-state index contributed by atoms with van der Waals surface area (Å²) in [4.78, 5) is 13.9. The molecule has 1 heterocycles. The smallest absolute Gasteiger partial charge is 0.412 e. The maximum absolute atomic E-state index is 12.2. The number of rotatable bonds is 3. The summed E-state index contributed by atoms with van der Waals surface area (Å²) >= 11 is 0. The molecule has 1 rings (SSSR count). The van der Waals surface area contributed by atoms with Crippen LogP contribution in [0.3, 0.4) is 0 Å². The fraction of sp³-hybridized carbons (Fsp3) is 0.923. The van der Waals surface area contributed by atoms with Gasteiger partial charge >= 0.3 is 6.09 Å². The van der Waals surface area contributed by atoms with Gasteiger partial charge in [0.1, 0.15) is 11.8 Å². The van der Waals surface area contributed by atoms with Gasteiger partial charge in [-0.2, -0.15) is 0 Å². The van der Waals surface area contributed by atoms with Crippen LogP contribution < -0.4 is 0 Å². The largest absolute Gasteiger partial charge is 0.446 e. The van der Waals surface area contributed by atoms with Gasteiger partial charge in [-0.15, -0.1) is 0 Å². The minimum atomic E-state index is -0.591. The van der Waals surface area contributed by atoms with Crippen LogP contribution in [0.5, 0.6) is 0 Å². The number of amides is 1. The summed E-state index contributed by atoms with van der Waals surface area (Å²) in [6.45, 7) is 12.3. The van der Waals surface area contributed by atoms with E-state index in [0.717, 1.165) is 12.8 Å². The van der Waals surface area contributed by atoms with Crippen molar-refractivity contribution in [3.63, 3.8) is 0 Å². The summed E-state index contributed by atoms with van der Waals surface area (Å²) in [6, 6.07) is 0. The Bertz CT molecular complexity index is 270. The summed E-state index contributed by atoms with van der Waals surface area (Å²) in [5.41, 5.74) is -0.904. The number of hydrogen-bond acceptors (Lipinski definition) is 3. The average molecular weight is 243 g/mol. The second kappa shape index (κ2) is 4.84. The second-order valence-corrected chi connectivity index (χ2v) is 5.87. The fourth-order valence-electron chi connectivity index (χ4n) is 2.37. The van der Waals surface area contributed by atoms with E-state index in [4.69, 9.17) is 9.47 Å². The lowest BCUT2D eigenvalue weighted by molar-refractivity contribution is -0.0576. The molecule has 1 saturated heterocycles.